The Balaban J connectivity index is 1.49. The summed E-state index contributed by atoms with van der Waals surface area (Å²) in [6.07, 6.45) is 3.02. The second kappa shape index (κ2) is 8.35. The number of imidazole rings is 1. The van der Waals surface area contributed by atoms with Crippen molar-refractivity contribution in [2.24, 2.45) is 0 Å². The van der Waals surface area contributed by atoms with Gasteiger partial charge in [-0.05, 0) is 56.3 Å². The Bertz CT molecular complexity index is 1390. The molecule has 11 heteroatoms. The number of nitrogens with one attached hydrogen (secondary N) is 1. The van der Waals surface area contributed by atoms with Gasteiger partial charge in [-0.1, -0.05) is 0 Å². The normalized spacial score (nSPS) is 11.4. The van der Waals surface area contributed by atoms with E-state index in [2.05, 4.69) is 19.7 Å². The Hall–Kier alpha value is -3.86. The average molecular weight is 457 g/mol. The van der Waals surface area contributed by atoms with E-state index in [1.807, 2.05) is 13.8 Å². The molecule has 0 spiro atoms. The van der Waals surface area contributed by atoms with Crippen LogP contribution in [0.25, 0.3) is 5.82 Å². The third-order valence-electron chi connectivity index (χ3n) is 4.66. The monoisotopic (exact) mass is 457 g/mol. The predicted octanol–water partition coefficient (Wildman–Crippen LogP) is 4.15. The Morgan fingerprint density at radius 2 is 1.69 bits per heavy atom. The van der Waals surface area contributed by atoms with E-state index in [-0.39, 0.29) is 11.6 Å². The van der Waals surface area contributed by atoms with Crippen LogP contribution in [0.3, 0.4) is 0 Å². The van der Waals surface area contributed by atoms with Gasteiger partial charge in [0.15, 0.2) is 11.6 Å². The minimum absolute atomic E-state index is 0.218. The van der Waals surface area contributed by atoms with Gasteiger partial charge in [0.1, 0.15) is 24.2 Å². The summed E-state index contributed by atoms with van der Waals surface area (Å²) in [6, 6.07) is 10.0. The summed E-state index contributed by atoms with van der Waals surface area (Å²) in [5.74, 6) is -1.10. The molecule has 2 aromatic heterocycles. The van der Waals surface area contributed by atoms with Crippen molar-refractivity contribution in [3.8, 4) is 17.4 Å². The first-order chi connectivity index (χ1) is 15.2. The van der Waals surface area contributed by atoms with E-state index in [9.17, 15) is 17.2 Å². The van der Waals surface area contributed by atoms with Crippen molar-refractivity contribution in [1.82, 2.24) is 19.5 Å². The first-order valence-corrected chi connectivity index (χ1v) is 10.8. The molecule has 0 aliphatic carbocycles. The molecule has 0 atom stereocenters. The first-order valence-electron chi connectivity index (χ1n) is 9.32. The molecule has 0 saturated carbocycles. The fourth-order valence-corrected chi connectivity index (χ4v) is 3.89. The number of aromatic nitrogens is 4. The van der Waals surface area contributed by atoms with Crippen molar-refractivity contribution < 1.29 is 21.9 Å². The van der Waals surface area contributed by atoms with E-state index in [0.717, 1.165) is 23.5 Å². The van der Waals surface area contributed by atoms with Gasteiger partial charge >= 0.3 is 0 Å². The van der Waals surface area contributed by atoms with Crippen LogP contribution >= 0.6 is 0 Å². The van der Waals surface area contributed by atoms with E-state index < -0.39 is 26.6 Å². The highest BCUT2D eigenvalue weighted by Crippen LogP contribution is 2.24. The van der Waals surface area contributed by atoms with Crippen LogP contribution in [0.1, 0.15) is 11.4 Å². The second-order valence-corrected chi connectivity index (χ2v) is 8.49. The van der Waals surface area contributed by atoms with E-state index in [0.29, 0.717) is 17.6 Å². The lowest BCUT2D eigenvalue weighted by molar-refractivity contribution is 0.461. The number of halogens is 2. The molecule has 164 valence electrons. The van der Waals surface area contributed by atoms with E-state index in [4.69, 9.17) is 4.74 Å². The molecule has 0 amide bonds. The van der Waals surface area contributed by atoms with Crippen LogP contribution in [0.4, 0.5) is 14.5 Å². The molecule has 4 aromatic rings. The van der Waals surface area contributed by atoms with Gasteiger partial charge < -0.3 is 4.74 Å². The number of benzene rings is 2. The smallest absolute Gasteiger partial charge is 0.261 e. The number of sulfonamides is 1. The largest absolute Gasteiger partial charge is 0.439 e. The molecule has 32 heavy (non-hydrogen) atoms. The summed E-state index contributed by atoms with van der Waals surface area (Å²) in [7, 11) is -4.09. The molecule has 8 nitrogen and oxygen atoms in total. The maximum Gasteiger partial charge on any atom is 0.261 e. The SMILES string of the molecule is Cc1ncn(-c2cc(Oc3ccc(NS(=O)(=O)c4ccc(F)c(F)c4)cc3)ncn2)c1C. The summed E-state index contributed by atoms with van der Waals surface area (Å²) in [4.78, 5) is 12.2. The molecule has 4 rings (SSSR count). The highest BCUT2D eigenvalue weighted by Gasteiger charge is 2.17. The van der Waals surface area contributed by atoms with Crippen LogP contribution < -0.4 is 9.46 Å². The first kappa shape index (κ1) is 21.4. The van der Waals surface area contributed by atoms with E-state index in [1.54, 1.807) is 17.0 Å². The third-order valence-corrected chi connectivity index (χ3v) is 6.04. The lowest BCUT2D eigenvalue weighted by Crippen LogP contribution is -2.13. The Morgan fingerprint density at radius 1 is 0.938 bits per heavy atom. The van der Waals surface area contributed by atoms with Crippen LogP contribution in [0.5, 0.6) is 11.6 Å². The molecule has 0 saturated heterocycles. The zero-order valence-corrected chi connectivity index (χ0v) is 17.8. The fraction of sp³-hybridized carbons (Fsp3) is 0.0952. The summed E-state index contributed by atoms with van der Waals surface area (Å²) >= 11 is 0. The maximum atomic E-state index is 13.4. The second-order valence-electron chi connectivity index (χ2n) is 6.81. The molecular formula is C21H17F2N5O3S. The Labute approximate surface area is 182 Å². The average Bonchev–Trinajstić information content (AvgIpc) is 3.10. The molecule has 2 aromatic carbocycles. The number of aryl methyl sites for hydroxylation is 1. The van der Waals surface area contributed by atoms with Gasteiger partial charge in [-0.3, -0.25) is 9.29 Å². The van der Waals surface area contributed by atoms with Gasteiger partial charge in [0.25, 0.3) is 10.0 Å². The van der Waals surface area contributed by atoms with Gasteiger partial charge in [-0.25, -0.2) is 32.2 Å². The van der Waals surface area contributed by atoms with Crippen molar-refractivity contribution in [3.05, 3.63) is 84.2 Å². The molecule has 0 aliphatic heterocycles. The standard InChI is InChI=1S/C21H17F2N5O3S/c1-13-14(2)28(12-26-13)20-10-21(25-11-24-20)31-16-5-3-15(4-6-16)27-32(29,30)17-7-8-18(22)19(23)9-17/h3-12,27H,1-2H3. The van der Waals surface area contributed by atoms with Crippen molar-refractivity contribution in [1.29, 1.82) is 0 Å². The minimum Gasteiger partial charge on any atom is -0.439 e. The van der Waals surface area contributed by atoms with Gasteiger partial charge in [-0.2, -0.15) is 0 Å². The number of hydrogen-bond donors (Lipinski definition) is 1. The molecule has 1 N–H and O–H groups in total. The quantitative estimate of drug-likeness (QED) is 0.467. The van der Waals surface area contributed by atoms with Gasteiger partial charge in [-0.15, -0.1) is 0 Å². The van der Waals surface area contributed by atoms with Crippen molar-refractivity contribution >= 4 is 15.7 Å². The van der Waals surface area contributed by atoms with E-state index >= 15 is 0 Å². The van der Waals surface area contributed by atoms with Crippen molar-refractivity contribution in [2.75, 3.05) is 4.72 Å². The molecular weight excluding hydrogens is 440 g/mol. The zero-order chi connectivity index (χ0) is 22.9. The maximum absolute atomic E-state index is 13.4. The van der Waals surface area contributed by atoms with Crippen molar-refractivity contribution in [3.63, 3.8) is 0 Å². The molecule has 0 aliphatic rings. The Morgan fingerprint density at radius 3 is 2.34 bits per heavy atom. The molecule has 0 radical (unpaired) electrons. The van der Waals surface area contributed by atoms with Gasteiger partial charge in [0, 0.05) is 17.4 Å². The summed E-state index contributed by atoms with van der Waals surface area (Å²) in [6.45, 7) is 3.82. The topological polar surface area (TPSA) is 99.0 Å². The predicted molar refractivity (Wildman–Crippen MR) is 112 cm³/mol. The number of nitrogens with zero attached hydrogens (tertiary/aromatic N) is 4. The highest BCUT2D eigenvalue weighted by molar-refractivity contribution is 7.92. The zero-order valence-electron chi connectivity index (χ0n) is 17.0. The van der Waals surface area contributed by atoms with Crippen LogP contribution in [0.15, 0.2) is 66.1 Å². The minimum atomic E-state index is -4.09. The molecule has 0 unspecified atom stereocenters. The lowest BCUT2D eigenvalue weighted by atomic mass is 10.3. The summed E-state index contributed by atoms with van der Waals surface area (Å²) in [5.41, 5.74) is 2.04. The van der Waals surface area contributed by atoms with Crippen LogP contribution in [0.2, 0.25) is 0 Å². The van der Waals surface area contributed by atoms with Crippen LogP contribution in [-0.2, 0) is 10.0 Å². The third kappa shape index (κ3) is 4.42. The van der Waals surface area contributed by atoms with Crippen LogP contribution in [-0.4, -0.2) is 27.9 Å². The van der Waals surface area contributed by atoms with Gasteiger partial charge in [0.2, 0.25) is 5.88 Å². The van der Waals surface area contributed by atoms with Crippen LogP contribution in [0, 0.1) is 25.5 Å². The molecule has 0 fully saturated rings. The number of anilines is 1. The number of ether oxygens (including phenoxy) is 1. The van der Waals surface area contributed by atoms with E-state index in [1.165, 1.54) is 30.6 Å². The highest BCUT2D eigenvalue weighted by atomic mass is 32.2. The summed E-state index contributed by atoms with van der Waals surface area (Å²) < 4.78 is 61.0. The summed E-state index contributed by atoms with van der Waals surface area (Å²) in [5, 5.41) is 0. The fourth-order valence-electron chi connectivity index (χ4n) is 2.82. The lowest BCUT2D eigenvalue weighted by Gasteiger charge is -2.10. The number of hydrogen-bond acceptors (Lipinski definition) is 6. The Kier molecular flexibility index (Phi) is 5.57. The number of rotatable bonds is 6. The van der Waals surface area contributed by atoms with Crippen molar-refractivity contribution in [2.45, 2.75) is 18.7 Å². The molecule has 2 heterocycles. The van der Waals surface area contributed by atoms with Gasteiger partial charge in [0.05, 0.1) is 10.6 Å². The molecule has 0 bridgehead atoms.